The number of aromatic nitrogens is 1. The summed E-state index contributed by atoms with van der Waals surface area (Å²) < 4.78 is 0. The van der Waals surface area contributed by atoms with E-state index >= 15 is 0 Å². The number of hydrogen-bond donors (Lipinski definition) is 2. The van der Waals surface area contributed by atoms with Crippen LogP contribution in [-0.4, -0.2) is 24.0 Å². The molecule has 3 rings (SSSR count). The number of unbranched alkanes of at least 4 members (excludes halogenated alkanes) is 1. The Morgan fingerprint density at radius 1 is 1.08 bits per heavy atom. The largest absolute Gasteiger partial charge is 0.372 e. The van der Waals surface area contributed by atoms with E-state index in [1.54, 1.807) is 6.20 Å². The normalized spacial score (nSPS) is 13.7. The Bertz CT molecular complexity index is 676. The molecule has 0 saturated carbocycles. The number of carbonyl (C=O) groups excluding carboxylic acids is 1. The smallest absolute Gasteiger partial charge is 0.224 e. The number of rotatable bonds is 7. The van der Waals surface area contributed by atoms with E-state index in [4.69, 9.17) is 0 Å². The maximum absolute atomic E-state index is 11.7. The van der Waals surface area contributed by atoms with E-state index < -0.39 is 0 Å². The van der Waals surface area contributed by atoms with Crippen molar-refractivity contribution >= 4 is 28.8 Å². The minimum Gasteiger partial charge on any atom is -0.372 e. The zero-order valence-electron chi connectivity index (χ0n) is 14.8. The summed E-state index contributed by atoms with van der Waals surface area (Å²) in [6, 6.07) is 12.2. The lowest BCUT2D eigenvalue weighted by Crippen LogP contribution is -2.17. The van der Waals surface area contributed by atoms with Gasteiger partial charge in [0, 0.05) is 30.9 Å². The first-order valence-corrected chi connectivity index (χ1v) is 9.12. The van der Waals surface area contributed by atoms with Crippen LogP contribution in [-0.2, 0) is 4.79 Å². The van der Waals surface area contributed by atoms with Crippen LogP contribution in [0.2, 0.25) is 0 Å². The highest BCUT2D eigenvalue weighted by molar-refractivity contribution is 5.90. The van der Waals surface area contributed by atoms with Gasteiger partial charge in [0.25, 0.3) is 0 Å². The molecule has 0 atom stereocenters. The van der Waals surface area contributed by atoms with Gasteiger partial charge < -0.3 is 15.5 Å². The predicted molar refractivity (Wildman–Crippen MR) is 104 cm³/mol. The van der Waals surface area contributed by atoms with Gasteiger partial charge in [-0.25, -0.2) is 4.98 Å². The molecule has 0 radical (unpaired) electrons. The number of nitrogens with one attached hydrogen (secondary N) is 2. The predicted octanol–water partition coefficient (Wildman–Crippen LogP) is 4.55. The van der Waals surface area contributed by atoms with Gasteiger partial charge in [-0.2, -0.15) is 0 Å². The molecule has 2 heterocycles. The number of anilines is 4. The van der Waals surface area contributed by atoms with Gasteiger partial charge in [-0.3, -0.25) is 4.79 Å². The first kappa shape index (κ1) is 17.3. The second kappa shape index (κ2) is 8.51. The SMILES string of the molecule is CCCCC(=O)Nc1ccc(Nc2ccc(N3CCCC3)cc2)nc1. The fourth-order valence-corrected chi connectivity index (χ4v) is 2.98. The first-order valence-electron chi connectivity index (χ1n) is 9.12. The van der Waals surface area contributed by atoms with Crippen molar-refractivity contribution in [1.82, 2.24) is 4.98 Å². The number of carbonyl (C=O) groups is 1. The second-order valence-corrected chi connectivity index (χ2v) is 6.45. The van der Waals surface area contributed by atoms with Gasteiger partial charge >= 0.3 is 0 Å². The summed E-state index contributed by atoms with van der Waals surface area (Å²) in [6.45, 7) is 4.38. The molecular weight excluding hydrogens is 312 g/mol. The topological polar surface area (TPSA) is 57.3 Å². The van der Waals surface area contributed by atoms with Crippen molar-refractivity contribution < 1.29 is 4.79 Å². The molecule has 0 unspecified atom stereocenters. The van der Waals surface area contributed by atoms with Crippen LogP contribution in [0.15, 0.2) is 42.6 Å². The third-order valence-electron chi connectivity index (χ3n) is 4.42. The molecule has 0 bridgehead atoms. The number of amides is 1. The molecular formula is C20H26N4O. The van der Waals surface area contributed by atoms with Crippen LogP contribution in [0.3, 0.4) is 0 Å². The zero-order chi connectivity index (χ0) is 17.5. The monoisotopic (exact) mass is 338 g/mol. The van der Waals surface area contributed by atoms with Crippen LogP contribution in [0.4, 0.5) is 22.9 Å². The maximum Gasteiger partial charge on any atom is 0.224 e. The average Bonchev–Trinajstić information content (AvgIpc) is 3.17. The van der Waals surface area contributed by atoms with Gasteiger partial charge in [0.2, 0.25) is 5.91 Å². The lowest BCUT2D eigenvalue weighted by molar-refractivity contribution is -0.116. The van der Waals surface area contributed by atoms with Gasteiger partial charge in [0.05, 0.1) is 11.9 Å². The standard InChI is InChI=1S/C20H26N4O/c1-2-3-6-20(25)23-17-9-12-19(21-15-17)22-16-7-10-18(11-8-16)24-13-4-5-14-24/h7-12,15H,2-6,13-14H2,1H3,(H,21,22)(H,23,25). The Kier molecular flexibility index (Phi) is 5.88. The minimum atomic E-state index is 0.0434. The maximum atomic E-state index is 11.7. The molecule has 1 aliphatic heterocycles. The molecule has 132 valence electrons. The van der Waals surface area contributed by atoms with Crippen molar-refractivity contribution in [3.63, 3.8) is 0 Å². The highest BCUT2D eigenvalue weighted by atomic mass is 16.1. The lowest BCUT2D eigenvalue weighted by atomic mass is 10.2. The van der Waals surface area contributed by atoms with E-state index in [1.807, 2.05) is 12.1 Å². The number of pyridine rings is 1. The molecule has 1 aromatic heterocycles. The molecule has 1 amide bonds. The minimum absolute atomic E-state index is 0.0434. The summed E-state index contributed by atoms with van der Waals surface area (Å²) in [5, 5.41) is 6.17. The Labute approximate surface area is 149 Å². The van der Waals surface area contributed by atoms with Crippen LogP contribution < -0.4 is 15.5 Å². The van der Waals surface area contributed by atoms with Crippen LogP contribution in [0.5, 0.6) is 0 Å². The van der Waals surface area contributed by atoms with E-state index in [0.29, 0.717) is 6.42 Å². The van der Waals surface area contributed by atoms with Crippen molar-refractivity contribution in [2.45, 2.75) is 39.0 Å². The Hall–Kier alpha value is -2.56. The summed E-state index contributed by atoms with van der Waals surface area (Å²) in [6.07, 6.45) is 6.73. The van der Waals surface area contributed by atoms with E-state index in [2.05, 4.69) is 51.7 Å². The van der Waals surface area contributed by atoms with Gasteiger partial charge in [0.1, 0.15) is 5.82 Å². The van der Waals surface area contributed by atoms with Gasteiger partial charge in [-0.15, -0.1) is 0 Å². The second-order valence-electron chi connectivity index (χ2n) is 6.45. The van der Waals surface area contributed by atoms with Crippen LogP contribution in [0, 0.1) is 0 Å². The van der Waals surface area contributed by atoms with Gasteiger partial charge in [-0.1, -0.05) is 13.3 Å². The average molecular weight is 338 g/mol. The number of nitrogens with zero attached hydrogens (tertiary/aromatic N) is 2. The van der Waals surface area contributed by atoms with Crippen molar-refractivity contribution in [3.8, 4) is 0 Å². The van der Waals surface area contributed by atoms with Crippen molar-refractivity contribution in [2.75, 3.05) is 28.6 Å². The highest BCUT2D eigenvalue weighted by Crippen LogP contribution is 2.23. The summed E-state index contributed by atoms with van der Waals surface area (Å²) >= 11 is 0. The molecule has 1 aromatic carbocycles. The molecule has 1 saturated heterocycles. The third kappa shape index (κ3) is 4.95. The van der Waals surface area contributed by atoms with Crippen LogP contribution in [0.1, 0.15) is 39.0 Å². The lowest BCUT2D eigenvalue weighted by Gasteiger charge is -2.17. The molecule has 5 heteroatoms. The molecule has 2 aromatic rings. The third-order valence-corrected chi connectivity index (χ3v) is 4.42. The van der Waals surface area contributed by atoms with Crippen molar-refractivity contribution in [1.29, 1.82) is 0 Å². The summed E-state index contributed by atoms with van der Waals surface area (Å²) in [5.41, 5.74) is 3.02. The molecule has 5 nitrogen and oxygen atoms in total. The molecule has 0 spiro atoms. The fourth-order valence-electron chi connectivity index (χ4n) is 2.98. The number of benzene rings is 1. The summed E-state index contributed by atoms with van der Waals surface area (Å²) in [5.74, 6) is 0.808. The van der Waals surface area contributed by atoms with E-state index in [1.165, 1.54) is 18.5 Å². The van der Waals surface area contributed by atoms with Gasteiger partial charge in [0.15, 0.2) is 0 Å². The molecule has 0 aliphatic carbocycles. The fraction of sp³-hybridized carbons (Fsp3) is 0.400. The van der Waals surface area contributed by atoms with Crippen LogP contribution >= 0.6 is 0 Å². The summed E-state index contributed by atoms with van der Waals surface area (Å²) in [7, 11) is 0. The van der Waals surface area contributed by atoms with Crippen molar-refractivity contribution in [2.24, 2.45) is 0 Å². The van der Waals surface area contributed by atoms with E-state index in [0.717, 1.165) is 43.1 Å². The molecule has 1 aliphatic rings. The Balaban J connectivity index is 1.55. The van der Waals surface area contributed by atoms with Crippen LogP contribution in [0.25, 0.3) is 0 Å². The van der Waals surface area contributed by atoms with Gasteiger partial charge in [-0.05, 0) is 55.7 Å². The Morgan fingerprint density at radius 2 is 1.80 bits per heavy atom. The summed E-state index contributed by atoms with van der Waals surface area (Å²) in [4.78, 5) is 18.5. The van der Waals surface area contributed by atoms with Crippen molar-refractivity contribution in [3.05, 3.63) is 42.6 Å². The Morgan fingerprint density at radius 3 is 2.44 bits per heavy atom. The first-order chi connectivity index (χ1) is 12.2. The zero-order valence-corrected chi connectivity index (χ0v) is 14.8. The quantitative estimate of drug-likeness (QED) is 0.777. The molecule has 2 N–H and O–H groups in total. The van der Waals surface area contributed by atoms with E-state index in [-0.39, 0.29) is 5.91 Å². The number of hydrogen-bond acceptors (Lipinski definition) is 4. The highest BCUT2D eigenvalue weighted by Gasteiger charge is 2.11. The van der Waals surface area contributed by atoms with E-state index in [9.17, 15) is 4.79 Å². The molecule has 25 heavy (non-hydrogen) atoms. The molecule has 1 fully saturated rings.